The van der Waals surface area contributed by atoms with Gasteiger partial charge in [-0.3, -0.25) is 9.59 Å². The zero-order chi connectivity index (χ0) is 21.5. The maximum atomic E-state index is 12.7. The number of anilines is 1. The molecule has 4 atom stereocenters. The highest BCUT2D eigenvalue weighted by atomic mass is 16.7. The van der Waals surface area contributed by atoms with Crippen molar-refractivity contribution in [1.82, 2.24) is 0 Å². The van der Waals surface area contributed by atoms with Crippen LogP contribution in [-0.2, 0) is 9.53 Å². The molecule has 3 aliphatic rings. The minimum absolute atomic E-state index is 0.132. The van der Waals surface area contributed by atoms with E-state index in [4.69, 9.17) is 24.1 Å². The van der Waals surface area contributed by atoms with Gasteiger partial charge in [-0.05, 0) is 42.8 Å². The SMILES string of the molecule is O=C(O)C[C@@H]1C[C@H]2c3cc(NC(=O)c4ccc5c(c4)OCO5)ccc3O[C@H]2[C@@H](CO)O1. The molecule has 2 aromatic carbocycles. The molecule has 0 aliphatic carbocycles. The van der Waals surface area contributed by atoms with Gasteiger partial charge in [-0.2, -0.15) is 0 Å². The van der Waals surface area contributed by atoms with Crippen molar-refractivity contribution in [1.29, 1.82) is 0 Å². The van der Waals surface area contributed by atoms with E-state index in [1.165, 1.54) is 0 Å². The van der Waals surface area contributed by atoms with Crippen LogP contribution in [0.5, 0.6) is 17.2 Å². The molecule has 5 rings (SSSR count). The van der Waals surface area contributed by atoms with Gasteiger partial charge in [-0.1, -0.05) is 0 Å². The highest BCUT2D eigenvalue weighted by Crippen LogP contribution is 2.47. The summed E-state index contributed by atoms with van der Waals surface area (Å²) in [7, 11) is 0. The molecule has 9 nitrogen and oxygen atoms in total. The minimum Gasteiger partial charge on any atom is -0.487 e. The Balaban J connectivity index is 1.36. The molecule has 0 bridgehead atoms. The first kappa shape index (κ1) is 19.7. The molecule has 0 aromatic heterocycles. The fraction of sp³-hybridized carbons (Fsp3) is 0.364. The number of aliphatic carboxylic acids is 1. The smallest absolute Gasteiger partial charge is 0.305 e. The van der Waals surface area contributed by atoms with Gasteiger partial charge in [0.15, 0.2) is 11.5 Å². The van der Waals surface area contributed by atoms with Crippen LogP contribution in [0.4, 0.5) is 5.69 Å². The largest absolute Gasteiger partial charge is 0.487 e. The van der Waals surface area contributed by atoms with Gasteiger partial charge in [0.05, 0.1) is 19.1 Å². The lowest BCUT2D eigenvalue weighted by atomic mass is 9.84. The van der Waals surface area contributed by atoms with E-state index in [1.54, 1.807) is 30.3 Å². The van der Waals surface area contributed by atoms with Gasteiger partial charge in [0.25, 0.3) is 5.91 Å². The Bertz CT molecular complexity index is 1040. The molecule has 3 N–H and O–H groups in total. The van der Waals surface area contributed by atoms with E-state index in [0.29, 0.717) is 34.9 Å². The van der Waals surface area contributed by atoms with Crippen molar-refractivity contribution in [3.8, 4) is 17.2 Å². The Hall–Kier alpha value is -3.30. The number of nitrogens with one attached hydrogen (secondary N) is 1. The third-order valence-corrected chi connectivity index (χ3v) is 5.79. The number of hydrogen-bond donors (Lipinski definition) is 3. The predicted octanol–water partition coefficient (Wildman–Crippen LogP) is 2.14. The molecule has 1 amide bonds. The van der Waals surface area contributed by atoms with E-state index < -0.39 is 24.3 Å². The molecule has 1 saturated heterocycles. The number of carboxylic acids is 1. The summed E-state index contributed by atoms with van der Waals surface area (Å²) in [6.45, 7) is -0.131. The van der Waals surface area contributed by atoms with Crippen LogP contribution in [0, 0.1) is 0 Å². The van der Waals surface area contributed by atoms with Crippen LogP contribution in [0.15, 0.2) is 36.4 Å². The third kappa shape index (κ3) is 3.66. The molecule has 3 aliphatic heterocycles. The second kappa shape index (κ2) is 7.75. The lowest BCUT2D eigenvalue weighted by molar-refractivity contribution is -0.153. The zero-order valence-corrected chi connectivity index (χ0v) is 16.4. The Morgan fingerprint density at radius 3 is 2.68 bits per heavy atom. The summed E-state index contributed by atoms with van der Waals surface area (Å²) in [6, 6.07) is 10.3. The van der Waals surface area contributed by atoms with Gasteiger partial charge in [0.1, 0.15) is 18.0 Å². The predicted molar refractivity (Wildman–Crippen MR) is 107 cm³/mol. The van der Waals surface area contributed by atoms with Gasteiger partial charge in [-0.25, -0.2) is 0 Å². The normalized spacial score (nSPS) is 25.3. The second-order valence-electron chi connectivity index (χ2n) is 7.78. The fourth-order valence-electron chi connectivity index (χ4n) is 4.40. The molecule has 0 unspecified atom stereocenters. The minimum atomic E-state index is -0.955. The monoisotopic (exact) mass is 427 g/mol. The molecule has 0 spiro atoms. The van der Waals surface area contributed by atoms with Crippen LogP contribution in [-0.4, -0.2) is 53.8 Å². The van der Waals surface area contributed by atoms with E-state index in [9.17, 15) is 14.7 Å². The topological polar surface area (TPSA) is 124 Å². The second-order valence-corrected chi connectivity index (χ2v) is 7.78. The summed E-state index contributed by atoms with van der Waals surface area (Å²) in [5.74, 6) is 0.397. The number of benzene rings is 2. The van der Waals surface area contributed by atoms with Gasteiger partial charge in [0, 0.05) is 22.7 Å². The molecule has 2 aromatic rings. The number of amides is 1. The van der Waals surface area contributed by atoms with Crippen molar-refractivity contribution in [2.24, 2.45) is 0 Å². The van der Waals surface area contributed by atoms with Crippen molar-refractivity contribution < 1.29 is 38.7 Å². The van der Waals surface area contributed by atoms with Crippen molar-refractivity contribution in [3.05, 3.63) is 47.5 Å². The number of aliphatic hydroxyl groups is 1. The average molecular weight is 427 g/mol. The molecule has 3 heterocycles. The number of carboxylic acid groups (broad SMARTS) is 1. The van der Waals surface area contributed by atoms with E-state index in [1.807, 2.05) is 6.07 Å². The number of carbonyl (C=O) groups excluding carboxylic acids is 1. The first-order valence-corrected chi connectivity index (χ1v) is 10.0. The van der Waals surface area contributed by atoms with Gasteiger partial charge >= 0.3 is 5.97 Å². The summed E-state index contributed by atoms with van der Waals surface area (Å²) in [6.07, 6.45) is -1.21. The van der Waals surface area contributed by atoms with Gasteiger partial charge in [-0.15, -0.1) is 0 Å². The molecule has 9 heteroatoms. The fourth-order valence-corrected chi connectivity index (χ4v) is 4.40. The first-order valence-electron chi connectivity index (χ1n) is 10.0. The molecule has 31 heavy (non-hydrogen) atoms. The number of fused-ring (bicyclic) bond motifs is 4. The Morgan fingerprint density at radius 2 is 1.87 bits per heavy atom. The average Bonchev–Trinajstić information content (AvgIpc) is 3.36. The van der Waals surface area contributed by atoms with Gasteiger partial charge < -0.3 is 34.5 Å². The van der Waals surface area contributed by atoms with Crippen LogP contribution in [0.25, 0.3) is 0 Å². The maximum Gasteiger partial charge on any atom is 0.305 e. The van der Waals surface area contributed by atoms with Crippen LogP contribution < -0.4 is 19.5 Å². The number of rotatable bonds is 5. The molecule has 0 saturated carbocycles. The molecule has 0 radical (unpaired) electrons. The van der Waals surface area contributed by atoms with Crippen LogP contribution >= 0.6 is 0 Å². The van der Waals surface area contributed by atoms with Crippen molar-refractivity contribution in [2.75, 3.05) is 18.7 Å². The van der Waals surface area contributed by atoms with Crippen molar-refractivity contribution >= 4 is 17.6 Å². The molecular weight excluding hydrogens is 406 g/mol. The summed E-state index contributed by atoms with van der Waals surface area (Å²) < 4.78 is 22.3. The van der Waals surface area contributed by atoms with E-state index >= 15 is 0 Å². The lowest BCUT2D eigenvalue weighted by Crippen LogP contribution is -2.46. The lowest BCUT2D eigenvalue weighted by Gasteiger charge is -2.36. The Kier molecular flexibility index (Phi) is 4.91. The maximum absolute atomic E-state index is 12.7. The summed E-state index contributed by atoms with van der Waals surface area (Å²) in [4.78, 5) is 23.9. The van der Waals surface area contributed by atoms with Gasteiger partial charge in [0.2, 0.25) is 6.79 Å². The zero-order valence-electron chi connectivity index (χ0n) is 16.4. The molecular formula is C22H21NO8. The van der Waals surface area contributed by atoms with Crippen LogP contribution in [0.2, 0.25) is 0 Å². The van der Waals surface area contributed by atoms with E-state index in [0.717, 1.165) is 5.56 Å². The van der Waals surface area contributed by atoms with Crippen LogP contribution in [0.3, 0.4) is 0 Å². The van der Waals surface area contributed by atoms with E-state index in [-0.39, 0.29) is 31.6 Å². The summed E-state index contributed by atoms with van der Waals surface area (Å²) in [5.41, 5.74) is 1.89. The quantitative estimate of drug-likeness (QED) is 0.663. The number of carbonyl (C=O) groups is 2. The molecule has 162 valence electrons. The van der Waals surface area contributed by atoms with Crippen molar-refractivity contribution in [3.63, 3.8) is 0 Å². The summed E-state index contributed by atoms with van der Waals surface area (Å²) in [5, 5.41) is 21.7. The number of aliphatic hydroxyl groups excluding tert-OH is 1. The van der Waals surface area contributed by atoms with Crippen LogP contribution in [0.1, 0.15) is 34.7 Å². The van der Waals surface area contributed by atoms with E-state index in [2.05, 4.69) is 5.32 Å². The summed E-state index contributed by atoms with van der Waals surface area (Å²) >= 11 is 0. The number of ether oxygens (including phenoxy) is 4. The Labute approximate surface area is 177 Å². The number of hydrogen-bond acceptors (Lipinski definition) is 7. The standard InChI is InChI=1S/C22H21NO8/c24-9-19-21-15(7-13(30-19)8-20(25)26)14-6-12(2-4-16(14)31-21)23-22(27)11-1-3-17-18(5-11)29-10-28-17/h1-6,13,15,19,21,24H,7-10H2,(H,23,27)(H,25,26)/t13-,15-,19+,21+/m0/s1. The molecule has 1 fully saturated rings. The Morgan fingerprint density at radius 1 is 1.06 bits per heavy atom. The van der Waals surface area contributed by atoms with Crippen molar-refractivity contribution in [2.45, 2.75) is 37.1 Å². The first-order chi connectivity index (χ1) is 15.0. The highest BCUT2D eigenvalue weighted by molar-refractivity contribution is 6.04. The highest BCUT2D eigenvalue weighted by Gasteiger charge is 2.46. The third-order valence-electron chi connectivity index (χ3n) is 5.79.